The summed E-state index contributed by atoms with van der Waals surface area (Å²) in [4.78, 5) is 14.0. The van der Waals surface area contributed by atoms with Gasteiger partial charge in [0, 0.05) is 25.7 Å². The lowest BCUT2D eigenvalue weighted by molar-refractivity contribution is -0.173. The number of alkyl halides is 1. The highest BCUT2D eigenvalue weighted by atomic mass is 19.1. The fourth-order valence-electron chi connectivity index (χ4n) is 4.17. The first-order valence-electron chi connectivity index (χ1n) is 10.5. The molecule has 0 amide bonds. The molecular weight excluding hydrogens is 405 g/mol. The molecule has 5 rings (SSSR count). The summed E-state index contributed by atoms with van der Waals surface area (Å²) < 4.78 is 27.3. The topological polar surface area (TPSA) is 113 Å². The Bertz CT molecular complexity index is 1080. The highest BCUT2D eigenvalue weighted by Crippen LogP contribution is 2.34. The average Bonchev–Trinajstić information content (AvgIpc) is 3.31. The average molecular weight is 431 g/mol. The van der Waals surface area contributed by atoms with Crippen LogP contribution in [0.1, 0.15) is 19.0 Å². The number of hydrogen-bond donors (Lipinski definition) is 3. The van der Waals surface area contributed by atoms with Crippen LogP contribution >= 0.6 is 0 Å². The monoisotopic (exact) mass is 431 g/mol. The Morgan fingerprint density at radius 2 is 2.26 bits per heavy atom. The van der Waals surface area contributed by atoms with E-state index in [0.717, 1.165) is 5.39 Å². The van der Waals surface area contributed by atoms with Crippen LogP contribution in [0.15, 0.2) is 18.5 Å². The summed E-state index contributed by atoms with van der Waals surface area (Å²) in [5, 5.41) is 19.4. The van der Waals surface area contributed by atoms with Gasteiger partial charge in [-0.05, 0) is 19.9 Å². The van der Waals surface area contributed by atoms with Crippen molar-refractivity contribution in [3.8, 4) is 5.88 Å². The highest BCUT2D eigenvalue weighted by Gasteiger charge is 2.47. The molecule has 11 heteroatoms. The van der Waals surface area contributed by atoms with Gasteiger partial charge < -0.3 is 24.9 Å². The van der Waals surface area contributed by atoms with E-state index in [1.165, 1.54) is 4.68 Å². The quantitative estimate of drug-likeness (QED) is 0.541. The van der Waals surface area contributed by atoms with Gasteiger partial charge in [0.25, 0.3) is 0 Å². The first-order chi connectivity index (χ1) is 15.0. The van der Waals surface area contributed by atoms with Crippen LogP contribution in [-0.2, 0) is 10.5 Å². The Morgan fingerprint density at radius 1 is 1.42 bits per heavy atom. The third-order valence-corrected chi connectivity index (χ3v) is 6.09. The molecule has 3 N–H and O–H groups in total. The van der Waals surface area contributed by atoms with E-state index in [0.29, 0.717) is 55.2 Å². The van der Waals surface area contributed by atoms with Gasteiger partial charge in [-0.2, -0.15) is 15.1 Å². The zero-order valence-electron chi connectivity index (χ0n) is 17.5. The van der Waals surface area contributed by atoms with Gasteiger partial charge >= 0.3 is 0 Å². The Hall–Kier alpha value is -2.76. The van der Waals surface area contributed by atoms with Crippen LogP contribution in [-0.4, -0.2) is 79.9 Å². The second kappa shape index (κ2) is 7.74. The number of rotatable bonds is 6. The van der Waals surface area contributed by atoms with Crippen molar-refractivity contribution in [3.63, 3.8) is 0 Å². The number of anilines is 2. The van der Waals surface area contributed by atoms with Crippen molar-refractivity contribution in [3.05, 3.63) is 24.2 Å². The summed E-state index contributed by atoms with van der Waals surface area (Å²) in [6, 6.07) is 2.09. The van der Waals surface area contributed by atoms with Crippen molar-refractivity contribution < 1.29 is 19.0 Å². The maximum absolute atomic E-state index is 15.1. The molecule has 2 atom stereocenters. The molecule has 0 saturated carbocycles. The third kappa shape index (κ3) is 3.42. The molecule has 0 radical (unpaired) electrons. The molecule has 3 aromatic rings. The second-order valence-corrected chi connectivity index (χ2v) is 7.99. The number of aliphatic hydroxyl groups is 1. The molecule has 5 heterocycles. The number of nitrogens with one attached hydrogen (secondary N) is 2. The van der Waals surface area contributed by atoms with Crippen molar-refractivity contribution >= 4 is 22.7 Å². The van der Waals surface area contributed by atoms with Crippen LogP contribution < -0.4 is 10.1 Å². The summed E-state index contributed by atoms with van der Waals surface area (Å²) >= 11 is 0. The molecule has 2 aliphatic heterocycles. The Kier molecular flexibility index (Phi) is 5.03. The largest absolute Gasteiger partial charge is 0.477 e. The van der Waals surface area contributed by atoms with E-state index in [2.05, 4.69) is 25.4 Å². The van der Waals surface area contributed by atoms with Gasteiger partial charge in [-0.3, -0.25) is 4.90 Å². The minimum atomic E-state index is -1.70. The number of fused-ring (bicyclic) bond motifs is 1. The zero-order chi connectivity index (χ0) is 21.6. The zero-order valence-corrected chi connectivity index (χ0v) is 17.5. The van der Waals surface area contributed by atoms with Crippen molar-refractivity contribution in [2.24, 2.45) is 0 Å². The number of nitrogens with zero attached hydrogens (tertiary/aromatic N) is 5. The molecular formula is C20H26FN7O3. The van der Waals surface area contributed by atoms with Crippen molar-refractivity contribution in [1.29, 1.82) is 0 Å². The third-order valence-electron chi connectivity index (χ3n) is 6.09. The Morgan fingerprint density at radius 3 is 2.97 bits per heavy atom. The smallest absolute Gasteiger partial charge is 0.232 e. The van der Waals surface area contributed by atoms with Gasteiger partial charge in [-0.25, -0.2) is 9.07 Å². The van der Waals surface area contributed by atoms with Gasteiger partial charge in [0.15, 0.2) is 11.9 Å². The summed E-state index contributed by atoms with van der Waals surface area (Å²) in [6.07, 6.45) is 2.10. The number of halogens is 1. The van der Waals surface area contributed by atoms with Crippen LogP contribution in [0.25, 0.3) is 11.0 Å². The molecule has 0 bridgehead atoms. The van der Waals surface area contributed by atoms with Crippen LogP contribution in [0, 0.1) is 6.92 Å². The SMILES string of the molecule is CCOc1nc(Nc2cnn([C@]3(O)CCN(C4COC4)C[C@@H]3F)c2C)nc2[nH]ccc12. The number of likely N-dealkylation sites (tertiary alicyclic amines) is 1. The first kappa shape index (κ1) is 20.2. The van der Waals surface area contributed by atoms with E-state index in [1.54, 1.807) is 19.3 Å². The number of piperidine rings is 1. The molecule has 2 saturated heterocycles. The second-order valence-electron chi connectivity index (χ2n) is 7.99. The Labute approximate surface area is 178 Å². The number of H-pyrrole nitrogens is 1. The van der Waals surface area contributed by atoms with Crippen LogP contribution in [0.3, 0.4) is 0 Å². The van der Waals surface area contributed by atoms with Gasteiger partial charge in [0.1, 0.15) is 5.65 Å². The molecule has 0 unspecified atom stereocenters. The van der Waals surface area contributed by atoms with E-state index in [9.17, 15) is 5.11 Å². The lowest BCUT2D eigenvalue weighted by Gasteiger charge is -2.46. The molecule has 3 aromatic heterocycles. The van der Waals surface area contributed by atoms with Crippen LogP contribution in [0.2, 0.25) is 0 Å². The summed E-state index contributed by atoms with van der Waals surface area (Å²) in [7, 11) is 0. The van der Waals surface area contributed by atoms with Crippen molar-refractivity contribution in [2.45, 2.75) is 38.2 Å². The minimum Gasteiger partial charge on any atom is -0.477 e. The number of ether oxygens (including phenoxy) is 2. The minimum absolute atomic E-state index is 0.150. The van der Waals surface area contributed by atoms with E-state index >= 15 is 4.39 Å². The van der Waals surface area contributed by atoms with Gasteiger partial charge in [0.05, 0.1) is 48.8 Å². The fourth-order valence-corrected chi connectivity index (χ4v) is 4.17. The van der Waals surface area contributed by atoms with Gasteiger partial charge in [-0.1, -0.05) is 0 Å². The molecule has 31 heavy (non-hydrogen) atoms. The summed E-state index contributed by atoms with van der Waals surface area (Å²) in [5.74, 6) is 0.792. The number of aromatic nitrogens is 5. The maximum Gasteiger partial charge on any atom is 0.232 e. The molecule has 2 fully saturated rings. The maximum atomic E-state index is 15.1. The molecule has 10 nitrogen and oxygen atoms in total. The standard InChI is InChI=1S/C20H26FN7O3/c1-3-31-18-14-4-6-22-17(14)25-19(26-18)24-15-8-23-28(12(15)2)20(29)5-7-27(9-16(20)21)13-10-30-11-13/h4,6,8,13,16,29H,3,5,7,9-11H2,1-2H3,(H2,22,24,25,26)/t16-,20-/m0/s1. The van der Waals surface area contributed by atoms with Crippen LogP contribution in [0.5, 0.6) is 5.88 Å². The van der Waals surface area contributed by atoms with Gasteiger partial charge in [0.2, 0.25) is 11.8 Å². The Balaban J connectivity index is 1.38. The lowest BCUT2D eigenvalue weighted by atomic mass is 9.96. The molecule has 166 valence electrons. The predicted molar refractivity (Wildman–Crippen MR) is 111 cm³/mol. The number of hydrogen-bond acceptors (Lipinski definition) is 8. The summed E-state index contributed by atoms with van der Waals surface area (Å²) in [5.41, 5.74) is 0.120. The van der Waals surface area contributed by atoms with E-state index < -0.39 is 11.9 Å². The van der Waals surface area contributed by atoms with Crippen molar-refractivity contribution in [2.75, 3.05) is 38.2 Å². The molecule has 2 aliphatic rings. The molecule has 0 aliphatic carbocycles. The lowest BCUT2D eigenvalue weighted by Crippen LogP contribution is -2.61. The summed E-state index contributed by atoms with van der Waals surface area (Å²) in [6.45, 7) is 6.11. The van der Waals surface area contributed by atoms with Gasteiger partial charge in [-0.15, -0.1) is 0 Å². The van der Waals surface area contributed by atoms with Crippen LogP contribution in [0.4, 0.5) is 16.0 Å². The van der Waals surface area contributed by atoms with Crippen molar-refractivity contribution in [1.82, 2.24) is 29.6 Å². The van der Waals surface area contributed by atoms with E-state index in [1.807, 2.05) is 17.9 Å². The molecule has 0 aromatic carbocycles. The normalized spacial score (nSPS) is 25.0. The predicted octanol–water partition coefficient (Wildman–Crippen LogP) is 1.69. The fraction of sp³-hybridized carbons (Fsp3) is 0.550. The highest BCUT2D eigenvalue weighted by molar-refractivity contribution is 5.82. The molecule has 0 spiro atoms. The van der Waals surface area contributed by atoms with E-state index in [-0.39, 0.29) is 19.0 Å². The number of aromatic amines is 1. The van der Waals surface area contributed by atoms with E-state index in [4.69, 9.17) is 9.47 Å². The first-order valence-corrected chi connectivity index (χ1v) is 10.5.